The first kappa shape index (κ1) is 25.0. The minimum atomic E-state index is -0.0169. The van der Waals surface area contributed by atoms with E-state index in [2.05, 4.69) is 95.1 Å². The zero-order valence-corrected chi connectivity index (χ0v) is 22.8. The van der Waals surface area contributed by atoms with Crippen molar-refractivity contribution in [1.29, 1.82) is 0 Å². The van der Waals surface area contributed by atoms with E-state index in [0.29, 0.717) is 13.2 Å². The van der Waals surface area contributed by atoms with Crippen molar-refractivity contribution in [1.82, 2.24) is 4.98 Å². The molecule has 0 saturated heterocycles. The van der Waals surface area contributed by atoms with Crippen LogP contribution in [0.2, 0.25) is 0 Å². The molecule has 0 unspecified atom stereocenters. The van der Waals surface area contributed by atoms with Gasteiger partial charge < -0.3 is 14.5 Å². The fourth-order valence-corrected chi connectivity index (χ4v) is 4.60. The summed E-state index contributed by atoms with van der Waals surface area (Å²) >= 11 is 0. The molecule has 1 aromatic heterocycles. The van der Waals surface area contributed by atoms with Crippen molar-refractivity contribution >= 4 is 21.8 Å². The van der Waals surface area contributed by atoms with Crippen LogP contribution in [0, 0.1) is 0 Å². The first-order valence-corrected chi connectivity index (χ1v) is 13.1. The predicted octanol–water partition coefficient (Wildman–Crippen LogP) is 9.07. The molecular weight excluding hydrogens is 454 g/mol. The molecule has 0 saturated carbocycles. The molecule has 37 heavy (non-hydrogen) atoms. The van der Waals surface area contributed by atoms with Gasteiger partial charge in [-0.25, -0.2) is 0 Å². The summed E-state index contributed by atoms with van der Waals surface area (Å²) in [5.74, 6) is 1.74. The Hall–Kier alpha value is -3.72. The van der Waals surface area contributed by atoms with Crippen molar-refractivity contribution < 1.29 is 9.47 Å². The summed E-state index contributed by atoms with van der Waals surface area (Å²) in [6.45, 7) is 14.5. The topological polar surface area (TPSA) is 34.2 Å². The van der Waals surface area contributed by atoms with Gasteiger partial charge in [-0.1, -0.05) is 102 Å². The van der Waals surface area contributed by atoms with E-state index >= 15 is 0 Å². The third-order valence-electron chi connectivity index (χ3n) is 6.95. The number of hydrogen-bond donors (Lipinski definition) is 1. The quantitative estimate of drug-likeness (QED) is 0.257. The highest BCUT2D eigenvalue weighted by Gasteiger charge is 2.23. The second-order valence-corrected chi connectivity index (χ2v) is 12.0. The van der Waals surface area contributed by atoms with E-state index in [9.17, 15) is 0 Å². The zero-order valence-electron chi connectivity index (χ0n) is 22.8. The van der Waals surface area contributed by atoms with Gasteiger partial charge in [0.15, 0.2) is 0 Å². The lowest BCUT2D eigenvalue weighted by molar-refractivity contribution is 0.307. The lowest BCUT2D eigenvalue weighted by atomic mass is 9.84. The second kappa shape index (κ2) is 9.63. The number of nitrogens with one attached hydrogen (secondary N) is 1. The van der Waals surface area contributed by atoms with Crippen LogP contribution in [0.25, 0.3) is 21.8 Å². The number of H-pyrrole nitrogens is 1. The van der Waals surface area contributed by atoms with Crippen molar-refractivity contribution in [3.8, 4) is 11.5 Å². The van der Waals surface area contributed by atoms with Crippen LogP contribution in [-0.2, 0) is 24.0 Å². The molecule has 0 aliphatic rings. The van der Waals surface area contributed by atoms with Gasteiger partial charge in [0.25, 0.3) is 0 Å². The van der Waals surface area contributed by atoms with Crippen molar-refractivity contribution in [2.24, 2.45) is 0 Å². The number of rotatable bonds is 6. The van der Waals surface area contributed by atoms with Gasteiger partial charge in [0.2, 0.25) is 0 Å². The zero-order chi connectivity index (χ0) is 26.2. The van der Waals surface area contributed by atoms with Gasteiger partial charge in [0.05, 0.1) is 11.0 Å². The van der Waals surface area contributed by atoms with Gasteiger partial charge in [-0.05, 0) is 57.3 Å². The van der Waals surface area contributed by atoms with Crippen molar-refractivity contribution in [2.75, 3.05) is 0 Å². The highest BCUT2D eigenvalue weighted by molar-refractivity contribution is 6.11. The molecule has 0 radical (unpaired) electrons. The SMILES string of the molecule is CC(C)(C)c1cc(OCc2ccccc2)c2[nH]c3c(OCc4ccccc4)cc(C(C)(C)C)cc3c2c1. The van der Waals surface area contributed by atoms with Crippen LogP contribution >= 0.6 is 0 Å². The van der Waals surface area contributed by atoms with E-state index in [0.717, 1.165) is 33.7 Å². The summed E-state index contributed by atoms with van der Waals surface area (Å²) in [7, 11) is 0. The first-order chi connectivity index (χ1) is 17.6. The molecule has 0 atom stereocenters. The maximum Gasteiger partial charge on any atom is 0.144 e. The van der Waals surface area contributed by atoms with Gasteiger partial charge in [-0.15, -0.1) is 0 Å². The molecule has 0 amide bonds. The Morgan fingerprint density at radius 1 is 0.541 bits per heavy atom. The Morgan fingerprint density at radius 3 is 1.27 bits per heavy atom. The Morgan fingerprint density at radius 2 is 0.919 bits per heavy atom. The maximum absolute atomic E-state index is 6.47. The van der Waals surface area contributed by atoms with Crippen LogP contribution in [0.15, 0.2) is 84.9 Å². The minimum Gasteiger partial charge on any atom is -0.487 e. The van der Waals surface area contributed by atoms with Crippen LogP contribution in [0.5, 0.6) is 11.5 Å². The molecule has 1 heterocycles. The van der Waals surface area contributed by atoms with Crippen molar-refractivity contribution in [3.05, 3.63) is 107 Å². The van der Waals surface area contributed by atoms with Crippen molar-refractivity contribution in [2.45, 2.75) is 65.6 Å². The number of aromatic amines is 1. The van der Waals surface area contributed by atoms with E-state index < -0.39 is 0 Å². The predicted molar refractivity (Wildman–Crippen MR) is 155 cm³/mol. The lowest BCUT2D eigenvalue weighted by Crippen LogP contribution is -2.11. The molecule has 190 valence electrons. The molecular formula is C34H37NO2. The van der Waals surface area contributed by atoms with E-state index in [1.807, 2.05) is 36.4 Å². The number of benzene rings is 4. The largest absolute Gasteiger partial charge is 0.487 e. The Balaban J connectivity index is 1.68. The minimum absolute atomic E-state index is 0.0169. The molecule has 0 aliphatic carbocycles. The van der Waals surface area contributed by atoms with Gasteiger partial charge in [-0.3, -0.25) is 0 Å². The number of hydrogen-bond acceptors (Lipinski definition) is 2. The summed E-state index contributed by atoms with van der Waals surface area (Å²) in [5, 5.41) is 2.34. The molecule has 3 heteroatoms. The number of fused-ring (bicyclic) bond motifs is 3. The van der Waals surface area contributed by atoms with Gasteiger partial charge >= 0.3 is 0 Å². The molecule has 0 aliphatic heterocycles. The van der Waals surface area contributed by atoms with E-state index in [1.165, 1.54) is 21.9 Å². The summed E-state index contributed by atoms with van der Waals surface area (Å²) in [5.41, 5.74) is 6.77. The third-order valence-corrected chi connectivity index (χ3v) is 6.95. The fourth-order valence-electron chi connectivity index (χ4n) is 4.60. The molecule has 5 aromatic rings. The van der Waals surface area contributed by atoms with Crippen LogP contribution in [0.3, 0.4) is 0 Å². The van der Waals surface area contributed by atoms with Crippen LogP contribution < -0.4 is 9.47 Å². The highest BCUT2D eigenvalue weighted by atomic mass is 16.5. The normalized spacial score (nSPS) is 12.3. The molecule has 0 fully saturated rings. The molecule has 5 rings (SSSR count). The Bertz CT molecular complexity index is 1400. The van der Waals surface area contributed by atoms with E-state index in [-0.39, 0.29) is 10.8 Å². The summed E-state index contributed by atoms with van der Waals surface area (Å²) in [4.78, 5) is 3.70. The maximum atomic E-state index is 6.47. The lowest BCUT2D eigenvalue weighted by Gasteiger charge is -2.21. The van der Waals surface area contributed by atoms with Gasteiger partial charge in [-0.2, -0.15) is 0 Å². The van der Waals surface area contributed by atoms with E-state index in [4.69, 9.17) is 9.47 Å². The first-order valence-electron chi connectivity index (χ1n) is 13.1. The summed E-state index contributed by atoms with van der Waals surface area (Å²) in [6.07, 6.45) is 0. The second-order valence-electron chi connectivity index (χ2n) is 12.0. The van der Waals surface area contributed by atoms with Crippen LogP contribution in [0.1, 0.15) is 63.8 Å². The van der Waals surface area contributed by atoms with Crippen LogP contribution in [0.4, 0.5) is 0 Å². The smallest absolute Gasteiger partial charge is 0.144 e. The molecule has 1 N–H and O–H groups in total. The average Bonchev–Trinajstić information content (AvgIpc) is 3.25. The van der Waals surface area contributed by atoms with Crippen LogP contribution in [-0.4, -0.2) is 4.98 Å². The summed E-state index contributed by atoms with van der Waals surface area (Å²) in [6, 6.07) is 29.7. The molecule has 0 bridgehead atoms. The number of aromatic nitrogens is 1. The number of ether oxygens (including phenoxy) is 2. The van der Waals surface area contributed by atoms with Gasteiger partial charge in [0, 0.05) is 10.8 Å². The molecule has 3 nitrogen and oxygen atoms in total. The Labute approximate surface area is 220 Å². The average molecular weight is 492 g/mol. The van der Waals surface area contributed by atoms with Crippen molar-refractivity contribution in [3.63, 3.8) is 0 Å². The Kier molecular flexibility index (Phi) is 6.49. The standard InChI is InChI=1S/C34H37NO2/c1-33(2,3)25-17-27-28-18-26(34(4,5)6)20-30(37-22-24-15-11-8-12-16-24)32(28)35-31(27)29(19-25)36-21-23-13-9-7-10-14-23/h7-20,35H,21-22H2,1-6H3. The van der Waals surface area contributed by atoms with Gasteiger partial charge in [0.1, 0.15) is 24.7 Å². The fraction of sp³-hybridized carbons (Fsp3) is 0.294. The third kappa shape index (κ3) is 5.36. The molecule has 4 aromatic carbocycles. The monoisotopic (exact) mass is 491 g/mol. The molecule has 0 spiro atoms. The highest BCUT2D eigenvalue weighted by Crippen LogP contribution is 2.42. The summed E-state index contributed by atoms with van der Waals surface area (Å²) < 4.78 is 12.9. The van der Waals surface area contributed by atoms with E-state index in [1.54, 1.807) is 0 Å².